The van der Waals surface area contributed by atoms with Crippen molar-refractivity contribution in [1.82, 2.24) is 0 Å². The van der Waals surface area contributed by atoms with Crippen LogP contribution in [0, 0.1) is 0 Å². The lowest BCUT2D eigenvalue weighted by Crippen LogP contribution is -2.20. The van der Waals surface area contributed by atoms with Gasteiger partial charge < -0.3 is 5.73 Å². The van der Waals surface area contributed by atoms with Gasteiger partial charge in [0.25, 0.3) is 10.1 Å². The Balaban J connectivity index is 2.84. The maximum atomic E-state index is 12.4. The van der Waals surface area contributed by atoms with Crippen LogP contribution in [-0.4, -0.2) is 21.3 Å². The van der Waals surface area contributed by atoms with Gasteiger partial charge in [-0.2, -0.15) is 21.6 Å². The number of hydrogen-bond donors (Lipinski definition) is 1. The molecule has 0 aliphatic heterocycles. The third-order valence-electron chi connectivity index (χ3n) is 2.10. The Kier molecular flexibility index (Phi) is 4.36. The monoisotopic (exact) mass is 283 g/mol. The lowest BCUT2D eigenvalue weighted by Gasteiger charge is -2.14. The Hall–Kier alpha value is -1.12. The van der Waals surface area contributed by atoms with E-state index in [9.17, 15) is 21.6 Å². The molecule has 1 aromatic rings. The Bertz CT molecular complexity index is 513. The zero-order valence-electron chi connectivity index (χ0n) is 9.44. The van der Waals surface area contributed by atoms with Gasteiger partial charge in [-0.3, -0.25) is 4.18 Å². The lowest BCUT2D eigenvalue weighted by molar-refractivity contribution is -0.137. The molecule has 1 unspecified atom stereocenters. The summed E-state index contributed by atoms with van der Waals surface area (Å²) in [7, 11) is -3.67. The van der Waals surface area contributed by atoms with Gasteiger partial charge in [0.2, 0.25) is 0 Å². The average molecular weight is 283 g/mol. The summed E-state index contributed by atoms with van der Waals surface area (Å²) in [6.45, 7) is -0.403. The maximum absolute atomic E-state index is 12.4. The predicted octanol–water partition coefficient (Wildman–Crippen LogP) is 1.68. The van der Waals surface area contributed by atoms with Crippen LogP contribution in [0.5, 0.6) is 0 Å². The summed E-state index contributed by atoms with van der Waals surface area (Å²) in [6, 6.07) is 3.43. The number of rotatable bonds is 4. The van der Waals surface area contributed by atoms with Gasteiger partial charge in [-0.05, 0) is 17.7 Å². The Morgan fingerprint density at radius 2 is 2.00 bits per heavy atom. The SMILES string of the molecule is CS(=O)(=O)OCC(N)c1cccc(C(F)(F)F)c1. The van der Waals surface area contributed by atoms with Crippen molar-refractivity contribution in [1.29, 1.82) is 0 Å². The van der Waals surface area contributed by atoms with Crippen molar-refractivity contribution >= 4 is 10.1 Å². The van der Waals surface area contributed by atoms with Crippen LogP contribution in [0.25, 0.3) is 0 Å². The summed E-state index contributed by atoms with van der Waals surface area (Å²) in [5, 5.41) is 0. The van der Waals surface area contributed by atoms with E-state index >= 15 is 0 Å². The second kappa shape index (κ2) is 5.25. The number of nitrogens with two attached hydrogens (primary N) is 1. The fraction of sp³-hybridized carbons (Fsp3) is 0.400. The van der Waals surface area contributed by atoms with Gasteiger partial charge in [0.05, 0.1) is 24.5 Å². The minimum Gasteiger partial charge on any atom is -0.322 e. The van der Waals surface area contributed by atoms with E-state index in [1.807, 2.05) is 0 Å². The van der Waals surface area contributed by atoms with Gasteiger partial charge in [0.1, 0.15) is 0 Å². The van der Waals surface area contributed by atoms with Crippen LogP contribution in [0.3, 0.4) is 0 Å². The summed E-state index contributed by atoms with van der Waals surface area (Å²) in [5.41, 5.74) is 4.88. The van der Waals surface area contributed by atoms with E-state index in [1.54, 1.807) is 0 Å². The van der Waals surface area contributed by atoms with Crippen LogP contribution in [-0.2, 0) is 20.5 Å². The molecule has 1 aromatic carbocycles. The van der Waals surface area contributed by atoms with Crippen molar-refractivity contribution in [3.8, 4) is 0 Å². The molecule has 1 rings (SSSR count). The van der Waals surface area contributed by atoms with Gasteiger partial charge >= 0.3 is 6.18 Å². The number of benzene rings is 1. The standard InChI is InChI=1S/C10H12F3NO3S/c1-18(15,16)17-6-9(14)7-3-2-4-8(5-7)10(11,12)13/h2-5,9H,6,14H2,1H3. The topological polar surface area (TPSA) is 69.4 Å². The normalized spacial score (nSPS) is 14.5. The quantitative estimate of drug-likeness (QED) is 0.854. The van der Waals surface area contributed by atoms with Crippen LogP contribution < -0.4 is 5.73 Å². The molecule has 8 heteroatoms. The van der Waals surface area contributed by atoms with Crippen LogP contribution in [0.4, 0.5) is 13.2 Å². The maximum Gasteiger partial charge on any atom is 0.416 e. The van der Waals surface area contributed by atoms with Gasteiger partial charge in [-0.1, -0.05) is 12.1 Å². The minimum absolute atomic E-state index is 0.161. The zero-order valence-corrected chi connectivity index (χ0v) is 10.3. The molecule has 0 radical (unpaired) electrons. The van der Waals surface area contributed by atoms with Crippen LogP contribution in [0.2, 0.25) is 0 Å². The molecule has 4 nitrogen and oxygen atoms in total. The zero-order chi connectivity index (χ0) is 14.0. The highest BCUT2D eigenvalue weighted by atomic mass is 32.2. The first-order valence-electron chi connectivity index (χ1n) is 4.87. The lowest BCUT2D eigenvalue weighted by atomic mass is 10.1. The Morgan fingerprint density at radius 3 is 2.50 bits per heavy atom. The summed E-state index contributed by atoms with van der Waals surface area (Å²) in [4.78, 5) is 0. The van der Waals surface area contributed by atoms with Crippen molar-refractivity contribution in [2.24, 2.45) is 5.73 Å². The first-order chi connectivity index (χ1) is 8.09. The van der Waals surface area contributed by atoms with Crippen LogP contribution in [0.1, 0.15) is 17.2 Å². The van der Waals surface area contributed by atoms with Crippen molar-refractivity contribution < 1.29 is 25.8 Å². The predicted molar refractivity (Wildman–Crippen MR) is 59.2 cm³/mol. The highest BCUT2D eigenvalue weighted by Gasteiger charge is 2.30. The fourth-order valence-corrected chi connectivity index (χ4v) is 1.63. The van der Waals surface area contributed by atoms with Crippen molar-refractivity contribution in [2.45, 2.75) is 12.2 Å². The van der Waals surface area contributed by atoms with E-state index in [1.165, 1.54) is 12.1 Å². The number of halogens is 3. The molecular formula is C10H12F3NO3S. The van der Waals surface area contributed by atoms with Gasteiger partial charge in [0, 0.05) is 0 Å². The third-order valence-corrected chi connectivity index (χ3v) is 2.67. The van der Waals surface area contributed by atoms with Crippen LogP contribution >= 0.6 is 0 Å². The minimum atomic E-state index is -4.46. The molecule has 0 saturated heterocycles. The Labute approximate surface area is 103 Å². The van der Waals surface area contributed by atoms with Gasteiger partial charge in [-0.25, -0.2) is 0 Å². The van der Waals surface area contributed by atoms with Gasteiger partial charge in [-0.15, -0.1) is 0 Å². The van der Waals surface area contributed by atoms with Crippen molar-refractivity contribution in [3.05, 3.63) is 35.4 Å². The molecule has 0 heterocycles. The van der Waals surface area contributed by atoms with E-state index in [0.29, 0.717) is 0 Å². The molecule has 0 bridgehead atoms. The molecule has 0 fully saturated rings. The number of alkyl halides is 3. The average Bonchev–Trinajstić information content (AvgIpc) is 2.24. The smallest absolute Gasteiger partial charge is 0.322 e. The summed E-state index contributed by atoms with van der Waals surface area (Å²) in [5.74, 6) is 0. The Morgan fingerprint density at radius 1 is 1.39 bits per heavy atom. The molecule has 0 amide bonds. The van der Waals surface area contributed by atoms with Crippen LogP contribution in [0.15, 0.2) is 24.3 Å². The molecule has 0 aliphatic carbocycles. The molecule has 18 heavy (non-hydrogen) atoms. The molecule has 2 N–H and O–H groups in total. The highest BCUT2D eigenvalue weighted by molar-refractivity contribution is 7.85. The molecule has 0 aromatic heterocycles. The van der Waals surface area contributed by atoms with E-state index in [-0.39, 0.29) is 5.56 Å². The first kappa shape index (κ1) is 14.9. The van der Waals surface area contributed by atoms with E-state index in [4.69, 9.17) is 5.73 Å². The molecule has 0 saturated carbocycles. The third kappa shape index (κ3) is 4.63. The van der Waals surface area contributed by atoms with Crippen molar-refractivity contribution in [3.63, 3.8) is 0 Å². The molecular weight excluding hydrogens is 271 g/mol. The summed E-state index contributed by atoms with van der Waals surface area (Å²) < 4.78 is 63.2. The van der Waals surface area contributed by atoms with E-state index in [0.717, 1.165) is 18.4 Å². The molecule has 102 valence electrons. The highest BCUT2D eigenvalue weighted by Crippen LogP contribution is 2.30. The fourth-order valence-electron chi connectivity index (χ4n) is 1.24. The first-order valence-corrected chi connectivity index (χ1v) is 6.68. The summed E-state index contributed by atoms with van der Waals surface area (Å²) in [6.07, 6.45) is -3.63. The molecule has 0 aliphatic rings. The number of hydrogen-bond acceptors (Lipinski definition) is 4. The molecule has 0 spiro atoms. The van der Waals surface area contributed by atoms with Crippen molar-refractivity contribution in [2.75, 3.05) is 12.9 Å². The second-order valence-corrected chi connectivity index (χ2v) is 5.36. The second-order valence-electron chi connectivity index (χ2n) is 3.72. The summed E-state index contributed by atoms with van der Waals surface area (Å²) >= 11 is 0. The molecule has 1 atom stereocenters. The van der Waals surface area contributed by atoms with Gasteiger partial charge in [0.15, 0.2) is 0 Å². The van der Waals surface area contributed by atoms with E-state index < -0.39 is 34.5 Å². The van der Waals surface area contributed by atoms with E-state index in [2.05, 4.69) is 4.18 Å². The largest absolute Gasteiger partial charge is 0.416 e.